The highest BCUT2D eigenvalue weighted by Crippen LogP contribution is 2.54. The number of nitrogens with two attached hydrogens (primary N) is 1. The molecule has 2 N–H and O–H groups in total. The summed E-state index contributed by atoms with van der Waals surface area (Å²) in [6.07, 6.45) is 9.70. The SMILES string of the molecule is CCCC(C)OC1CC(N)C12CCCC2. The van der Waals surface area contributed by atoms with E-state index in [-0.39, 0.29) is 0 Å². The predicted molar refractivity (Wildman–Crippen MR) is 62.7 cm³/mol. The molecule has 2 aliphatic carbocycles. The van der Waals surface area contributed by atoms with E-state index < -0.39 is 0 Å². The zero-order valence-electron chi connectivity index (χ0n) is 10.2. The van der Waals surface area contributed by atoms with E-state index in [1.165, 1.54) is 38.5 Å². The van der Waals surface area contributed by atoms with Crippen molar-refractivity contribution in [2.24, 2.45) is 11.1 Å². The summed E-state index contributed by atoms with van der Waals surface area (Å²) in [5.41, 5.74) is 6.56. The van der Waals surface area contributed by atoms with Crippen LogP contribution >= 0.6 is 0 Å². The molecule has 2 aliphatic rings. The molecule has 3 atom stereocenters. The van der Waals surface area contributed by atoms with Crippen LogP contribution < -0.4 is 5.73 Å². The molecule has 0 amide bonds. The summed E-state index contributed by atoms with van der Waals surface area (Å²) in [4.78, 5) is 0. The largest absolute Gasteiger partial charge is 0.375 e. The van der Waals surface area contributed by atoms with Crippen LogP contribution in [0.25, 0.3) is 0 Å². The van der Waals surface area contributed by atoms with Crippen LogP contribution in [0.5, 0.6) is 0 Å². The van der Waals surface area contributed by atoms with Gasteiger partial charge in [-0.2, -0.15) is 0 Å². The molecule has 2 nitrogen and oxygen atoms in total. The maximum atomic E-state index is 6.18. The molecule has 0 aromatic heterocycles. The van der Waals surface area contributed by atoms with Gasteiger partial charge >= 0.3 is 0 Å². The van der Waals surface area contributed by atoms with Gasteiger partial charge in [-0.15, -0.1) is 0 Å². The summed E-state index contributed by atoms with van der Waals surface area (Å²) in [5, 5.41) is 0. The second-order valence-corrected chi connectivity index (χ2v) is 5.51. The Morgan fingerprint density at radius 1 is 1.40 bits per heavy atom. The molecule has 0 aromatic rings. The summed E-state index contributed by atoms with van der Waals surface area (Å²) in [5.74, 6) is 0. The Kier molecular flexibility index (Phi) is 3.36. The van der Waals surface area contributed by atoms with Gasteiger partial charge in [-0.25, -0.2) is 0 Å². The zero-order valence-corrected chi connectivity index (χ0v) is 10.2. The van der Waals surface area contributed by atoms with Gasteiger partial charge in [0.05, 0.1) is 12.2 Å². The number of hydrogen-bond acceptors (Lipinski definition) is 2. The standard InChI is InChI=1S/C13H25NO/c1-3-6-10(2)15-12-9-11(14)13(12)7-4-5-8-13/h10-12H,3-9,14H2,1-2H3. The molecule has 0 heterocycles. The number of ether oxygens (including phenoxy) is 1. The molecule has 0 aliphatic heterocycles. The topological polar surface area (TPSA) is 35.2 Å². The molecule has 0 bridgehead atoms. The third-order valence-electron chi connectivity index (χ3n) is 4.47. The van der Waals surface area contributed by atoms with Crippen molar-refractivity contribution in [2.75, 3.05) is 0 Å². The van der Waals surface area contributed by atoms with Crippen molar-refractivity contribution in [1.82, 2.24) is 0 Å². The van der Waals surface area contributed by atoms with Gasteiger partial charge < -0.3 is 10.5 Å². The van der Waals surface area contributed by atoms with Crippen molar-refractivity contribution in [1.29, 1.82) is 0 Å². The van der Waals surface area contributed by atoms with Crippen LogP contribution in [0, 0.1) is 5.41 Å². The quantitative estimate of drug-likeness (QED) is 0.776. The van der Waals surface area contributed by atoms with Crippen molar-refractivity contribution in [3.05, 3.63) is 0 Å². The maximum absolute atomic E-state index is 6.18. The molecule has 1 spiro atoms. The van der Waals surface area contributed by atoms with Gasteiger partial charge in [0.1, 0.15) is 0 Å². The zero-order chi connectivity index (χ0) is 10.9. The van der Waals surface area contributed by atoms with E-state index in [1.54, 1.807) is 0 Å². The van der Waals surface area contributed by atoms with Crippen molar-refractivity contribution in [3.8, 4) is 0 Å². The van der Waals surface area contributed by atoms with E-state index >= 15 is 0 Å². The average molecular weight is 211 g/mol. The molecular weight excluding hydrogens is 186 g/mol. The van der Waals surface area contributed by atoms with Gasteiger partial charge in [0.2, 0.25) is 0 Å². The molecule has 88 valence electrons. The summed E-state index contributed by atoms with van der Waals surface area (Å²) < 4.78 is 6.15. The Labute approximate surface area is 93.6 Å². The lowest BCUT2D eigenvalue weighted by atomic mass is 9.61. The van der Waals surface area contributed by atoms with Gasteiger partial charge in [-0.3, -0.25) is 0 Å². The van der Waals surface area contributed by atoms with Gasteiger partial charge in [-0.05, 0) is 32.6 Å². The van der Waals surface area contributed by atoms with Gasteiger partial charge in [0.15, 0.2) is 0 Å². The lowest BCUT2D eigenvalue weighted by Gasteiger charge is -2.53. The van der Waals surface area contributed by atoms with Crippen LogP contribution in [0.1, 0.15) is 58.8 Å². The molecule has 3 unspecified atom stereocenters. The van der Waals surface area contributed by atoms with Crippen molar-refractivity contribution >= 4 is 0 Å². The fraction of sp³-hybridized carbons (Fsp3) is 1.00. The first kappa shape index (κ1) is 11.4. The number of rotatable bonds is 4. The van der Waals surface area contributed by atoms with Crippen molar-refractivity contribution in [2.45, 2.75) is 77.0 Å². The van der Waals surface area contributed by atoms with Crippen LogP contribution in [0.3, 0.4) is 0 Å². The molecule has 0 aromatic carbocycles. The second-order valence-electron chi connectivity index (χ2n) is 5.51. The lowest BCUT2D eigenvalue weighted by Crippen LogP contribution is -2.61. The Hall–Kier alpha value is -0.0800. The van der Waals surface area contributed by atoms with Crippen molar-refractivity contribution in [3.63, 3.8) is 0 Å². The maximum Gasteiger partial charge on any atom is 0.0664 e. The lowest BCUT2D eigenvalue weighted by molar-refractivity contribution is -0.149. The van der Waals surface area contributed by atoms with Gasteiger partial charge in [0.25, 0.3) is 0 Å². The van der Waals surface area contributed by atoms with E-state index in [1.807, 2.05) is 0 Å². The summed E-state index contributed by atoms with van der Waals surface area (Å²) in [7, 11) is 0. The number of hydrogen-bond donors (Lipinski definition) is 1. The van der Waals surface area contributed by atoms with E-state index in [2.05, 4.69) is 13.8 Å². The van der Waals surface area contributed by atoms with E-state index in [0.29, 0.717) is 23.7 Å². The fourth-order valence-corrected chi connectivity index (χ4v) is 3.45. The summed E-state index contributed by atoms with van der Waals surface area (Å²) in [6, 6.07) is 0.416. The molecule has 0 saturated heterocycles. The smallest absolute Gasteiger partial charge is 0.0664 e. The minimum absolute atomic E-state index is 0.377. The Morgan fingerprint density at radius 3 is 2.60 bits per heavy atom. The Bertz CT molecular complexity index is 211. The highest BCUT2D eigenvalue weighted by Gasteiger charge is 2.55. The van der Waals surface area contributed by atoms with E-state index in [0.717, 1.165) is 6.42 Å². The van der Waals surface area contributed by atoms with Crippen LogP contribution in [-0.4, -0.2) is 18.2 Å². The molecule has 2 fully saturated rings. The van der Waals surface area contributed by atoms with E-state index in [9.17, 15) is 0 Å². The first-order valence-corrected chi connectivity index (χ1v) is 6.60. The molecule has 0 radical (unpaired) electrons. The first-order chi connectivity index (χ1) is 7.19. The molecule has 2 saturated carbocycles. The van der Waals surface area contributed by atoms with Crippen LogP contribution in [0.15, 0.2) is 0 Å². The third kappa shape index (κ3) is 1.94. The fourth-order valence-electron chi connectivity index (χ4n) is 3.45. The highest BCUT2D eigenvalue weighted by molar-refractivity contribution is 5.08. The van der Waals surface area contributed by atoms with Crippen molar-refractivity contribution < 1.29 is 4.74 Å². The van der Waals surface area contributed by atoms with Crippen LogP contribution in [-0.2, 0) is 4.74 Å². The monoisotopic (exact) mass is 211 g/mol. The van der Waals surface area contributed by atoms with E-state index in [4.69, 9.17) is 10.5 Å². The molecule has 15 heavy (non-hydrogen) atoms. The van der Waals surface area contributed by atoms with Crippen LogP contribution in [0.2, 0.25) is 0 Å². The first-order valence-electron chi connectivity index (χ1n) is 6.60. The summed E-state index contributed by atoms with van der Waals surface area (Å²) in [6.45, 7) is 4.42. The summed E-state index contributed by atoms with van der Waals surface area (Å²) >= 11 is 0. The normalized spacial score (nSPS) is 35.4. The highest BCUT2D eigenvalue weighted by atomic mass is 16.5. The predicted octanol–water partition coefficient (Wildman–Crippen LogP) is 2.85. The Morgan fingerprint density at radius 2 is 2.07 bits per heavy atom. The minimum atomic E-state index is 0.377. The minimum Gasteiger partial charge on any atom is -0.375 e. The average Bonchev–Trinajstić information content (AvgIpc) is 2.69. The van der Waals surface area contributed by atoms with Gasteiger partial charge in [0, 0.05) is 11.5 Å². The third-order valence-corrected chi connectivity index (χ3v) is 4.47. The van der Waals surface area contributed by atoms with Gasteiger partial charge in [-0.1, -0.05) is 26.2 Å². The Balaban J connectivity index is 1.88. The van der Waals surface area contributed by atoms with Crippen LogP contribution in [0.4, 0.5) is 0 Å². The molecular formula is C13H25NO. The second kappa shape index (κ2) is 4.42. The molecule has 2 rings (SSSR count). The molecule has 2 heteroatoms.